The molecule has 0 amide bonds. The van der Waals surface area contributed by atoms with Crippen molar-refractivity contribution in [1.82, 2.24) is 0 Å². The van der Waals surface area contributed by atoms with Gasteiger partial charge in [0.1, 0.15) is 5.75 Å². The van der Waals surface area contributed by atoms with Crippen LogP contribution in [0.4, 0.5) is 0 Å². The lowest BCUT2D eigenvalue weighted by Gasteiger charge is -2.16. The molecule has 0 fully saturated rings. The third-order valence-corrected chi connectivity index (χ3v) is 4.22. The van der Waals surface area contributed by atoms with Crippen LogP contribution in [-0.2, 0) is 0 Å². The predicted molar refractivity (Wildman–Crippen MR) is 71.5 cm³/mol. The highest BCUT2D eigenvalue weighted by atomic mass is 32.2. The maximum Gasteiger partial charge on any atom is 0.132 e. The van der Waals surface area contributed by atoms with Crippen molar-refractivity contribution in [1.29, 1.82) is 0 Å². The second-order valence-corrected chi connectivity index (χ2v) is 5.31. The first-order valence-electron chi connectivity index (χ1n) is 5.64. The summed E-state index contributed by atoms with van der Waals surface area (Å²) in [6, 6.07) is 4.29. The Morgan fingerprint density at radius 2 is 1.94 bits per heavy atom. The van der Waals surface area contributed by atoms with Crippen molar-refractivity contribution in [2.45, 2.75) is 37.3 Å². The lowest BCUT2D eigenvalue weighted by atomic mass is 10.1. The van der Waals surface area contributed by atoms with Gasteiger partial charge in [0, 0.05) is 16.7 Å². The quantitative estimate of drug-likeness (QED) is 0.802. The third-order valence-electron chi connectivity index (χ3n) is 2.79. The van der Waals surface area contributed by atoms with Gasteiger partial charge in [-0.1, -0.05) is 6.92 Å². The molecule has 2 N–H and O–H groups in total. The number of thioether (sulfide) groups is 1. The van der Waals surface area contributed by atoms with E-state index in [1.165, 1.54) is 16.0 Å². The Kier molecular flexibility index (Phi) is 5.16. The van der Waals surface area contributed by atoms with Gasteiger partial charge in [0.25, 0.3) is 0 Å². The van der Waals surface area contributed by atoms with Gasteiger partial charge >= 0.3 is 0 Å². The van der Waals surface area contributed by atoms with E-state index < -0.39 is 0 Å². The van der Waals surface area contributed by atoms with Crippen LogP contribution in [0.1, 0.15) is 24.5 Å². The lowest BCUT2D eigenvalue weighted by molar-refractivity contribution is 0.404. The molecule has 2 nitrogen and oxygen atoms in total. The molecule has 16 heavy (non-hydrogen) atoms. The van der Waals surface area contributed by atoms with Crippen LogP contribution >= 0.6 is 11.8 Å². The van der Waals surface area contributed by atoms with Crippen molar-refractivity contribution in [2.24, 2.45) is 5.73 Å². The van der Waals surface area contributed by atoms with Crippen LogP contribution in [0.3, 0.4) is 0 Å². The van der Waals surface area contributed by atoms with Crippen molar-refractivity contribution in [3.05, 3.63) is 23.3 Å². The summed E-state index contributed by atoms with van der Waals surface area (Å²) in [7, 11) is 1.72. The largest absolute Gasteiger partial charge is 0.496 e. The number of methoxy groups -OCH3 is 1. The fraction of sp³-hybridized carbons (Fsp3) is 0.538. The number of benzene rings is 1. The van der Waals surface area contributed by atoms with E-state index in [-0.39, 0.29) is 0 Å². The minimum Gasteiger partial charge on any atom is -0.496 e. The maximum atomic E-state index is 5.73. The molecular formula is C13H21NOS. The molecule has 0 spiro atoms. The van der Waals surface area contributed by atoms with Gasteiger partial charge in [-0.25, -0.2) is 0 Å². The zero-order valence-electron chi connectivity index (χ0n) is 10.5. The first kappa shape index (κ1) is 13.4. The molecule has 0 aliphatic rings. The summed E-state index contributed by atoms with van der Waals surface area (Å²) in [4.78, 5) is 1.20. The Morgan fingerprint density at radius 1 is 1.31 bits per heavy atom. The van der Waals surface area contributed by atoms with Gasteiger partial charge in [-0.3, -0.25) is 0 Å². The van der Waals surface area contributed by atoms with E-state index in [9.17, 15) is 0 Å². The average molecular weight is 239 g/mol. The molecule has 0 aromatic heterocycles. The van der Waals surface area contributed by atoms with Gasteiger partial charge in [-0.2, -0.15) is 0 Å². The highest BCUT2D eigenvalue weighted by Crippen LogP contribution is 2.35. The molecule has 1 unspecified atom stereocenters. The third kappa shape index (κ3) is 3.16. The smallest absolute Gasteiger partial charge is 0.132 e. The predicted octanol–water partition coefficient (Wildman–Crippen LogP) is 3.14. The van der Waals surface area contributed by atoms with E-state index >= 15 is 0 Å². The highest BCUT2D eigenvalue weighted by molar-refractivity contribution is 8.00. The van der Waals surface area contributed by atoms with Crippen LogP contribution < -0.4 is 10.5 Å². The summed E-state index contributed by atoms with van der Waals surface area (Å²) < 4.78 is 5.41. The van der Waals surface area contributed by atoms with Crippen molar-refractivity contribution in [3.63, 3.8) is 0 Å². The normalized spacial score (nSPS) is 12.6. The standard InChI is InChI=1S/C13H21NOS/c1-5-11(8-14)16-13-7-10(3)9(2)6-12(13)15-4/h6-7,11H,5,8,14H2,1-4H3. The van der Waals surface area contributed by atoms with Crippen LogP contribution in [0.15, 0.2) is 17.0 Å². The van der Waals surface area contributed by atoms with Gasteiger partial charge in [-0.05, 0) is 43.5 Å². The molecule has 0 saturated carbocycles. The fourth-order valence-corrected chi connectivity index (χ4v) is 2.62. The Labute approximate surface area is 103 Å². The molecule has 0 radical (unpaired) electrons. The van der Waals surface area contributed by atoms with Crippen LogP contribution in [0.25, 0.3) is 0 Å². The summed E-state index contributed by atoms with van der Waals surface area (Å²) in [6.45, 7) is 7.10. The zero-order chi connectivity index (χ0) is 12.1. The zero-order valence-corrected chi connectivity index (χ0v) is 11.4. The van der Waals surface area contributed by atoms with Gasteiger partial charge in [0.15, 0.2) is 0 Å². The van der Waals surface area contributed by atoms with Crippen molar-refractivity contribution in [3.8, 4) is 5.75 Å². The molecular weight excluding hydrogens is 218 g/mol. The van der Waals surface area contributed by atoms with Crippen LogP contribution in [0.2, 0.25) is 0 Å². The number of rotatable bonds is 5. The molecule has 3 heteroatoms. The minimum absolute atomic E-state index is 0.469. The van der Waals surface area contributed by atoms with Crippen molar-refractivity contribution >= 4 is 11.8 Å². The van der Waals surface area contributed by atoms with Gasteiger partial charge in [-0.15, -0.1) is 11.8 Å². The molecule has 0 heterocycles. The molecule has 1 atom stereocenters. The van der Waals surface area contributed by atoms with E-state index in [1.54, 1.807) is 7.11 Å². The highest BCUT2D eigenvalue weighted by Gasteiger charge is 2.11. The Morgan fingerprint density at radius 3 is 2.44 bits per heavy atom. The summed E-state index contributed by atoms with van der Waals surface area (Å²) >= 11 is 1.81. The first-order valence-corrected chi connectivity index (χ1v) is 6.52. The Balaban J connectivity index is 2.97. The van der Waals surface area contributed by atoms with Gasteiger partial charge in [0.2, 0.25) is 0 Å². The number of aryl methyl sites for hydroxylation is 2. The SMILES string of the molecule is CCC(CN)Sc1cc(C)c(C)cc1OC. The molecule has 90 valence electrons. The lowest BCUT2D eigenvalue weighted by Crippen LogP contribution is -2.15. The van der Waals surface area contributed by atoms with Gasteiger partial charge in [0.05, 0.1) is 7.11 Å². The van der Waals surface area contributed by atoms with Crippen LogP contribution in [0.5, 0.6) is 5.75 Å². The summed E-state index contributed by atoms with van der Waals surface area (Å²) in [6.07, 6.45) is 1.08. The fourth-order valence-electron chi connectivity index (χ4n) is 1.49. The van der Waals surface area contributed by atoms with E-state index in [0.29, 0.717) is 11.8 Å². The molecule has 1 aromatic rings. The second-order valence-electron chi connectivity index (χ2n) is 3.97. The summed E-state index contributed by atoms with van der Waals surface area (Å²) in [5.41, 5.74) is 8.30. The summed E-state index contributed by atoms with van der Waals surface area (Å²) in [5, 5.41) is 0.469. The van der Waals surface area contributed by atoms with E-state index in [1.807, 2.05) is 11.8 Å². The Bertz CT molecular complexity index is 348. The van der Waals surface area contributed by atoms with Gasteiger partial charge < -0.3 is 10.5 Å². The molecule has 1 rings (SSSR count). The molecule has 0 aliphatic carbocycles. The molecule has 0 bridgehead atoms. The second kappa shape index (κ2) is 6.16. The maximum absolute atomic E-state index is 5.73. The summed E-state index contributed by atoms with van der Waals surface area (Å²) in [5.74, 6) is 0.958. The number of hydrogen-bond acceptors (Lipinski definition) is 3. The average Bonchev–Trinajstić information content (AvgIpc) is 2.29. The van der Waals surface area contributed by atoms with Crippen LogP contribution in [-0.4, -0.2) is 18.9 Å². The van der Waals surface area contributed by atoms with E-state index in [2.05, 4.69) is 32.9 Å². The molecule has 0 aliphatic heterocycles. The van der Waals surface area contributed by atoms with Crippen molar-refractivity contribution < 1.29 is 4.74 Å². The molecule has 1 aromatic carbocycles. The molecule has 0 saturated heterocycles. The number of ether oxygens (including phenoxy) is 1. The van der Waals surface area contributed by atoms with Crippen molar-refractivity contribution in [2.75, 3.05) is 13.7 Å². The number of hydrogen-bond donors (Lipinski definition) is 1. The minimum atomic E-state index is 0.469. The van der Waals surface area contributed by atoms with Crippen LogP contribution in [0, 0.1) is 13.8 Å². The number of nitrogens with two attached hydrogens (primary N) is 1. The van der Waals surface area contributed by atoms with E-state index in [4.69, 9.17) is 10.5 Å². The monoisotopic (exact) mass is 239 g/mol. The Hall–Kier alpha value is -0.670. The van der Waals surface area contributed by atoms with E-state index in [0.717, 1.165) is 12.2 Å². The first-order chi connectivity index (χ1) is 7.62. The topological polar surface area (TPSA) is 35.2 Å².